The van der Waals surface area contributed by atoms with E-state index < -0.39 is 24.6 Å². The Labute approximate surface area is 67.2 Å². The SMILES string of the molecule is NC(=O)NCC(=O)ONC(N)=O. The van der Waals surface area contributed by atoms with E-state index in [1.54, 1.807) is 5.48 Å². The first-order chi connectivity index (χ1) is 5.52. The minimum atomic E-state index is -1.01. The van der Waals surface area contributed by atoms with Crippen molar-refractivity contribution < 1.29 is 19.2 Å². The van der Waals surface area contributed by atoms with Gasteiger partial charge in [-0.1, -0.05) is 0 Å². The van der Waals surface area contributed by atoms with Crippen LogP contribution in [0.1, 0.15) is 0 Å². The molecule has 0 spiro atoms. The van der Waals surface area contributed by atoms with Crippen LogP contribution in [0, 0.1) is 0 Å². The normalized spacial score (nSPS) is 8.33. The molecule has 0 rings (SSSR count). The maximum Gasteiger partial charge on any atom is 0.351 e. The fraction of sp³-hybridized carbons (Fsp3) is 0.250. The van der Waals surface area contributed by atoms with Gasteiger partial charge in [-0.05, 0) is 0 Å². The Bertz CT molecular complexity index is 183. The molecule has 8 nitrogen and oxygen atoms in total. The lowest BCUT2D eigenvalue weighted by molar-refractivity contribution is -0.147. The average molecular weight is 176 g/mol. The second kappa shape index (κ2) is 4.77. The van der Waals surface area contributed by atoms with Gasteiger partial charge in [0.15, 0.2) is 0 Å². The molecule has 68 valence electrons. The minimum absolute atomic E-state index is 0.435. The summed E-state index contributed by atoms with van der Waals surface area (Å²) in [6, 6.07) is -1.88. The highest BCUT2D eigenvalue weighted by Crippen LogP contribution is 1.70. The number of hydrogen-bond acceptors (Lipinski definition) is 4. The zero-order valence-corrected chi connectivity index (χ0v) is 5.99. The van der Waals surface area contributed by atoms with Gasteiger partial charge in [-0.15, -0.1) is 0 Å². The number of amides is 4. The van der Waals surface area contributed by atoms with E-state index >= 15 is 0 Å². The second-order valence-electron chi connectivity index (χ2n) is 1.66. The van der Waals surface area contributed by atoms with Gasteiger partial charge in [0.2, 0.25) is 0 Å². The lowest BCUT2D eigenvalue weighted by Gasteiger charge is -2.02. The minimum Gasteiger partial charge on any atom is -0.352 e. The predicted octanol–water partition coefficient (Wildman–Crippen LogP) is -2.22. The van der Waals surface area contributed by atoms with Gasteiger partial charge in [0.05, 0.1) is 0 Å². The summed E-state index contributed by atoms with van der Waals surface area (Å²) in [5.74, 6) is -0.882. The highest BCUT2D eigenvalue weighted by Gasteiger charge is 2.04. The van der Waals surface area contributed by atoms with Gasteiger partial charge in [0.1, 0.15) is 6.54 Å². The van der Waals surface area contributed by atoms with E-state index in [9.17, 15) is 14.4 Å². The summed E-state index contributed by atoms with van der Waals surface area (Å²) in [7, 11) is 0. The lowest BCUT2D eigenvalue weighted by Crippen LogP contribution is -2.38. The number of nitrogens with one attached hydrogen (secondary N) is 2. The van der Waals surface area contributed by atoms with Gasteiger partial charge in [-0.2, -0.15) is 5.48 Å². The fourth-order valence-electron chi connectivity index (χ4n) is 0.303. The number of hydroxylamine groups is 1. The Morgan fingerprint density at radius 2 is 1.75 bits per heavy atom. The van der Waals surface area contributed by atoms with Crippen LogP contribution in [0.4, 0.5) is 9.59 Å². The van der Waals surface area contributed by atoms with Crippen molar-refractivity contribution >= 4 is 18.0 Å². The smallest absolute Gasteiger partial charge is 0.351 e. The highest BCUT2D eigenvalue weighted by molar-refractivity contribution is 5.80. The molecule has 0 aliphatic rings. The zero-order chi connectivity index (χ0) is 9.56. The number of nitrogens with two attached hydrogens (primary N) is 2. The third-order valence-electron chi connectivity index (χ3n) is 0.672. The van der Waals surface area contributed by atoms with Crippen molar-refractivity contribution in [2.24, 2.45) is 11.5 Å². The van der Waals surface area contributed by atoms with Crippen LogP contribution in [0.25, 0.3) is 0 Å². The molecule has 8 heteroatoms. The summed E-state index contributed by atoms with van der Waals surface area (Å²) in [5.41, 5.74) is 10.8. The molecule has 0 fully saturated rings. The summed E-state index contributed by atoms with van der Waals surface area (Å²) in [5, 5.41) is 1.94. The number of primary amides is 2. The summed E-state index contributed by atoms with van der Waals surface area (Å²) < 4.78 is 0. The summed E-state index contributed by atoms with van der Waals surface area (Å²) in [6.45, 7) is -0.435. The molecular formula is C4H8N4O4. The van der Waals surface area contributed by atoms with Crippen molar-refractivity contribution in [2.75, 3.05) is 6.54 Å². The van der Waals surface area contributed by atoms with E-state index in [1.165, 1.54) is 0 Å². The third-order valence-corrected chi connectivity index (χ3v) is 0.672. The zero-order valence-electron chi connectivity index (χ0n) is 5.99. The molecule has 0 aliphatic heterocycles. The molecular weight excluding hydrogens is 168 g/mol. The van der Waals surface area contributed by atoms with Crippen molar-refractivity contribution in [3.05, 3.63) is 0 Å². The van der Waals surface area contributed by atoms with Crippen LogP contribution < -0.4 is 22.3 Å². The molecule has 6 N–H and O–H groups in total. The molecule has 0 aromatic rings. The lowest BCUT2D eigenvalue weighted by atomic mass is 10.6. The van der Waals surface area contributed by atoms with Crippen molar-refractivity contribution in [2.45, 2.75) is 0 Å². The van der Waals surface area contributed by atoms with Crippen molar-refractivity contribution in [1.82, 2.24) is 10.8 Å². The maximum absolute atomic E-state index is 10.5. The summed E-state index contributed by atoms with van der Waals surface area (Å²) in [4.78, 5) is 34.5. The molecule has 0 aromatic heterocycles. The first-order valence-electron chi connectivity index (χ1n) is 2.81. The third kappa shape index (κ3) is 6.13. The average Bonchev–Trinajstić information content (AvgIpc) is 1.96. The Balaban J connectivity index is 3.47. The standard InChI is InChI=1S/C4H8N4O4/c5-3(10)7-1-2(9)12-8-4(6)11/h1H2,(H3,5,7,10)(H3,6,8,11). The maximum atomic E-state index is 10.5. The Hall–Kier alpha value is -1.99. The first kappa shape index (κ1) is 10.0. The van der Waals surface area contributed by atoms with Gasteiger partial charge >= 0.3 is 18.0 Å². The molecule has 0 aromatic carbocycles. The number of carbonyl (C=O) groups excluding carboxylic acids is 3. The van der Waals surface area contributed by atoms with Crippen LogP contribution in [0.3, 0.4) is 0 Å². The number of carbonyl (C=O) groups is 3. The topological polar surface area (TPSA) is 137 Å². The van der Waals surface area contributed by atoms with Gasteiger partial charge in [-0.3, -0.25) is 0 Å². The Kier molecular flexibility index (Phi) is 3.98. The molecule has 0 unspecified atom stereocenters. The van der Waals surface area contributed by atoms with E-state index in [0.717, 1.165) is 0 Å². The molecule has 0 saturated heterocycles. The fourth-order valence-corrected chi connectivity index (χ4v) is 0.303. The molecule has 4 amide bonds. The first-order valence-corrected chi connectivity index (χ1v) is 2.81. The highest BCUT2D eigenvalue weighted by atomic mass is 16.7. The van der Waals surface area contributed by atoms with Gasteiger partial charge in [-0.25, -0.2) is 14.4 Å². The molecule has 0 heterocycles. The quantitative estimate of drug-likeness (QED) is 0.354. The van der Waals surface area contributed by atoms with Crippen LogP contribution in [0.2, 0.25) is 0 Å². The van der Waals surface area contributed by atoms with Gasteiger partial charge < -0.3 is 21.6 Å². The van der Waals surface area contributed by atoms with Gasteiger partial charge in [0, 0.05) is 0 Å². The van der Waals surface area contributed by atoms with Crippen LogP contribution in [-0.2, 0) is 9.63 Å². The second-order valence-corrected chi connectivity index (χ2v) is 1.66. The largest absolute Gasteiger partial charge is 0.352 e. The van der Waals surface area contributed by atoms with E-state index in [4.69, 9.17) is 0 Å². The van der Waals surface area contributed by atoms with E-state index in [2.05, 4.69) is 16.3 Å². The van der Waals surface area contributed by atoms with Crippen LogP contribution in [0.5, 0.6) is 0 Å². The summed E-state index contributed by atoms with van der Waals surface area (Å²) >= 11 is 0. The molecule has 0 radical (unpaired) electrons. The van der Waals surface area contributed by atoms with Crippen molar-refractivity contribution in [3.63, 3.8) is 0 Å². The molecule has 0 aliphatic carbocycles. The van der Waals surface area contributed by atoms with Gasteiger partial charge in [0.25, 0.3) is 0 Å². The molecule has 0 atom stereocenters. The van der Waals surface area contributed by atoms with E-state index in [1.807, 2.05) is 5.32 Å². The van der Waals surface area contributed by atoms with Crippen molar-refractivity contribution in [1.29, 1.82) is 0 Å². The van der Waals surface area contributed by atoms with Crippen LogP contribution in [0.15, 0.2) is 0 Å². The monoisotopic (exact) mass is 176 g/mol. The number of urea groups is 2. The molecule has 0 bridgehead atoms. The van der Waals surface area contributed by atoms with Crippen LogP contribution in [-0.4, -0.2) is 24.6 Å². The Morgan fingerprint density at radius 1 is 1.17 bits per heavy atom. The molecule has 12 heavy (non-hydrogen) atoms. The van der Waals surface area contributed by atoms with E-state index in [0.29, 0.717) is 0 Å². The Morgan fingerprint density at radius 3 is 2.17 bits per heavy atom. The number of hydrogen-bond donors (Lipinski definition) is 4. The van der Waals surface area contributed by atoms with E-state index in [-0.39, 0.29) is 0 Å². The predicted molar refractivity (Wildman–Crippen MR) is 36.4 cm³/mol. The van der Waals surface area contributed by atoms with Crippen molar-refractivity contribution in [3.8, 4) is 0 Å². The number of rotatable bonds is 2. The van der Waals surface area contributed by atoms with Crippen LogP contribution >= 0.6 is 0 Å². The molecule has 0 saturated carbocycles. The summed E-state index contributed by atoms with van der Waals surface area (Å²) in [6.07, 6.45) is 0.